The number of hydrogen-bond donors (Lipinski definition) is 0. The van der Waals surface area contributed by atoms with Crippen LogP contribution >= 0.6 is 0 Å². The molecule has 2 rings (SSSR count). The molecule has 1 atom stereocenters. The van der Waals surface area contributed by atoms with Crippen LogP contribution in [0.4, 0.5) is 0 Å². The highest BCUT2D eigenvalue weighted by Gasteiger charge is 2.32. The summed E-state index contributed by atoms with van der Waals surface area (Å²) in [4.78, 5) is 39.5. The second-order valence-corrected chi connectivity index (χ2v) is 6.32. The summed E-state index contributed by atoms with van der Waals surface area (Å²) in [6.45, 7) is 2.66. The first-order valence-corrected chi connectivity index (χ1v) is 8.76. The fourth-order valence-corrected chi connectivity index (χ4v) is 3.10. The molecular formula is C19H26N2O5. The molecule has 0 saturated carbocycles. The molecule has 7 heteroatoms. The number of hydrogen-bond acceptors (Lipinski definition) is 5. The van der Waals surface area contributed by atoms with Gasteiger partial charge >= 0.3 is 5.97 Å². The van der Waals surface area contributed by atoms with Crippen LogP contribution in [-0.4, -0.2) is 61.4 Å². The Bertz CT molecular complexity index is 661. The molecule has 26 heavy (non-hydrogen) atoms. The lowest BCUT2D eigenvalue weighted by Gasteiger charge is -2.34. The van der Waals surface area contributed by atoms with Crippen molar-refractivity contribution in [2.45, 2.75) is 26.3 Å². The average molecular weight is 362 g/mol. The number of carbonyl (C=O) groups is 3. The number of likely N-dealkylation sites (N-methyl/N-ethyl adjacent to an activating group) is 1. The van der Waals surface area contributed by atoms with Crippen molar-refractivity contribution in [2.24, 2.45) is 5.92 Å². The molecule has 1 aromatic carbocycles. The van der Waals surface area contributed by atoms with Gasteiger partial charge in [-0.3, -0.25) is 14.4 Å². The van der Waals surface area contributed by atoms with E-state index in [9.17, 15) is 14.4 Å². The van der Waals surface area contributed by atoms with Gasteiger partial charge < -0.3 is 19.3 Å². The highest BCUT2D eigenvalue weighted by Crippen LogP contribution is 2.25. The van der Waals surface area contributed by atoms with E-state index >= 15 is 0 Å². The third-order valence-corrected chi connectivity index (χ3v) is 4.45. The first kappa shape index (κ1) is 19.8. The first-order valence-electron chi connectivity index (χ1n) is 8.76. The van der Waals surface area contributed by atoms with Gasteiger partial charge in [0, 0.05) is 32.1 Å². The van der Waals surface area contributed by atoms with E-state index in [1.165, 1.54) is 4.90 Å². The fourth-order valence-electron chi connectivity index (χ4n) is 3.10. The molecule has 1 fully saturated rings. The molecule has 142 valence electrons. The van der Waals surface area contributed by atoms with Crippen LogP contribution in [0.5, 0.6) is 5.75 Å². The predicted octanol–water partition coefficient (Wildman–Crippen LogP) is 1.46. The Morgan fingerprint density at radius 1 is 1.31 bits per heavy atom. The highest BCUT2D eigenvalue weighted by atomic mass is 16.5. The van der Waals surface area contributed by atoms with Crippen molar-refractivity contribution >= 4 is 17.8 Å². The Morgan fingerprint density at radius 2 is 2.04 bits per heavy atom. The molecule has 1 saturated heterocycles. The number of likely N-dealkylation sites (tertiary alicyclic amines) is 1. The summed E-state index contributed by atoms with van der Waals surface area (Å²) in [7, 11) is 3.17. The van der Waals surface area contributed by atoms with Gasteiger partial charge in [-0.15, -0.1) is 0 Å². The molecule has 0 spiro atoms. The Morgan fingerprint density at radius 3 is 2.73 bits per heavy atom. The zero-order valence-electron chi connectivity index (χ0n) is 15.6. The SMILES string of the molecule is CCOC(=O)CN(C)C(=O)C1CCC(=O)N(Cc2ccccc2OC)C1. The number of nitrogens with zero attached hydrogens (tertiary/aromatic N) is 2. The van der Waals surface area contributed by atoms with Gasteiger partial charge in [0.25, 0.3) is 0 Å². The smallest absolute Gasteiger partial charge is 0.325 e. The molecule has 1 aliphatic heterocycles. The Kier molecular flexibility index (Phi) is 7.00. The Balaban J connectivity index is 2.01. The van der Waals surface area contributed by atoms with Crippen LogP contribution < -0.4 is 4.74 Å². The quantitative estimate of drug-likeness (QED) is 0.687. The van der Waals surface area contributed by atoms with E-state index in [1.54, 1.807) is 26.0 Å². The lowest BCUT2D eigenvalue weighted by molar-refractivity contribution is -0.151. The predicted molar refractivity (Wildman–Crippen MR) is 95.4 cm³/mol. The van der Waals surface area contributed by atoms with E-state index in [1.807, 2.05) is 24.3 Å². The van der Waals surface area contributed by atoms with E-state index in [2.05, 4.69) is 0 Å². The molecule has 2 amide bonds. The van der Waals surface area contributed by atoms with Crippen molar-refractivity contribution in [1.29, 1.82) is 0 Å². The number of rotatable bonds is 7. The third-order valence-electron chi connectivity index (χ3n) is 4.45. The second kappa shape index (κ2) is 9.22. The van der Waals surface area contributed by atoms with Gasteiger partial charge in [-0.25, -0.2) is 0 Å². The zero-order chi connectivity index (χ0) is 19.1. The molecule has 1 aromatic rings. The van der Waals surface area contributed by atoms with Gasteiger partial charge in [-0.1, -0.05) is 18.2 Å². The number of esters is 1. The first-order chi connectivity index (χ1) is 12.5. The topological polar surface area (TPSA) is 76.2 Å². The minimum atomic E-state index is -0.430. The summed E-state index contributed by atoms with van der Waals surface area (Å²) in [6, 6.07) is 7.52. The van der Waals surface area contributed by atoms with Crippen molar-refractivity contribution in [2.75, 3.05) is 33.9 Å². The van der Waals surface area contributed by atoms with Gasteiger partial charge in [-0.2, -0.15) is 0 Å². The van der Waals surface area contributed by atoms with Crippen molar-refractivity contribution in [3.05, 3.63) is 29.8 Å². The number of amides is 2. The molecule has 0 aliphatic carbocycles. The molecule has 1 aliphatic rings. The molecule has 0 N–H and O–H groups in total. The summed E-state index contributed by atoms with van der Waals surface area (Å²) < 4.78 is 10.2. The molecule has 0 bridgehead atoms. The van der Waals surface area contributed by atoms with Crippen molar-refractivity contribution in [3.63, 3.8) is 0 Å². The molecule has 1 heterocycles. The zero-order valence-corrected chi connectivity index (χ0v) is 15.6. The van der Waals surface area contributed by atoms with E-state index in [0.717, 1.165) is 5.56 Å². The minimum Gasteiger partial charge on any atom is -0.496 e. The van der Waals surface area contributed by atoms with Crippen LogP contribution in [0.2, 0.25) is 0 Å². The lowest BCUT2D eigenvalue weighted by atomic mass is 9.95. The highest BCUT2D eigenvalue weighted by molar-refractivity contribution is 5.86. The van der Waals surface area contributed by atoms with Crippen LogP contribution in [0.3, 0.4) is 0 Å². The Hall–Kier alpha value is -2.57. The van der Waals surface area contributed by atoms with Crippen LogP contribution in [0.25, 0.3) is 0 Å². The fraction of sp³-hybridized carbons (Fsp3) is 0.526. The number of methoxy groups -OCH3 is 1. The van der Waals surface area contributed by atoms with Crippen LogP contribution in [0, 0.1) is 5.92 Å². The minimum absolute atomic E-state index is 0.0213. The van der Waals surface area contributed by atoms with Gasteiger partial charge in [0.15, 0.2) is 0 Å². The van der Waals surface area contributed by atoms with Crippen LogP contribution in [0.15, 0.2) is 24.3 Å². The summed E-state index contributed by atoms with van der Waals surface area (Å²) in [5.74, 6) is -0.153. The summed E-state index contributed by atoms with van der Waals surface area (Å²) in [5.41, 5.74) is 0.899. The summed E-state index contributed by atoms with van der Waals surface area (Å²) in [5, 5.41) is 0. The standard InChI is InChI=1S/C19H26N2O5/c1-4-26-18(23)13-20(2)19(24)15-9-10-17(22)21(12-15)11-14-7-5-6-8-16(14)25-3/h5-8,15H,4,9-13H2,1-3H3. The van der Waals surface area contributed by atoms with Crippen molar-refractivity contribution in [1.82, 2.24) is 9.80 Å². The van der Waals surface area contributed by atoms with Gasteiger partial charge in [0.05, 0.1) is 19.6 Å². The van der Waals surface area contributed by atoms with Gasteiger partial charge in [0.2, 0.25) is 11.8 Å². The van der Waals surface area contributed by atoms with Crippen molar-refractivity contribution < 1.29 is 23.9 Å². The molecule has 0 radical (unpaired) electrons. The van der Waals surface area contributed by atoms with E-state index in [4.69, 9.17) is 9.47 Å². The van der Waals surface area contributed by atoms with Crippen LogP contribution in [-0.2, 0) is 25.7 Å². The Labute approximate surface area is 153 Å². The number of piperidine rings is 1. The summed E-state index contributed by atoms with van der Waals surface area (Å²) in [6.07, 6.45) is 0.812. The largest absolute Gasteiger partial charge is 0.496 e. The van der Waals surface area contributed by atoms with E-state index in [0.29, 0.717) is 31.7 Å². The van der Waals surface area contributed by atoms with Crippen LogP contribution in [0.1, 0.15) is 25.3 Å². The molecule has 7 nitrogen and oxygen atoms in total. The average Bonchev–Trinajstić information content (AvgIpc) is 2.63. The third kappa shape index (κ3) is 4.97. The maximum Gasteiger partial charge on any atom is 0.325 e. The maximum atomic E-state index is 12.6. The molecule has 1 unspecified atom stereocenters. The molecular weight excluding hydrogens is 336 g/mol. The number of benzene rings is 1. The number of para-hydroxylation sites is 1. The van der Waals surface area contributed by atoms with Gasteiger partial charge in [0.1, 0.15) is 12.3 Å². The number of ether oxygens (including phenoxy) is 2. The normalized spacial score (nSPS) is 17.0. The maximum absolute atomic E-state index is 12.6. The van der Waals surface area contributed by atoms with E-state index in [-0.39, 0.29) is 30.9 Å². The van der Waals surface area contributed by atoms with E-state index < -0.39 is 5.97 Å². The van der Waals surface area contributed by atoms with Crippen molar-refractivity contribution in [3.8, 4) is 5.75 Å². The molecule has 0 aromatic heterocycles. The lowest BCUT2D eigenvalue weighted by Crippen LogP contribution is -2.46. The summed E-state index contributed by atoms with van der Waals surface area (Å²) >= 11 is 0. The van der Waals surface area contributed by atoms with Gasteiger partial charge in [-0.05, 0) is 19.4 Å². The second-order valence-electron chi connectivity index (χ2n) is 6.32. The monoisotopic (exact) mass is 362 g/mol. The number of carbonyl (C=O) groups excluding carboxylic acids is 3.